The van der Waals surface area contributed by atoms with Crippen LogP contribution in [0, 0.1) is 0 Å². The molecule has 0 unspecified atom stereocenters. The summed E-state index contributed by atoms with van der Waals surface area (Å²) in [4.78, 5) is 35.0. The van der Waals surface area contributed by atoms with Gasteiger partial charge in [-0.25, -0.2) is 0 Å². The van der Waals surface area contributed by atoms with Crippen LogP contribution in [0.4, 0.5) is 5.69 Å². The van der Waals surface area contributed by atoms with Crippen LogP contribution in [0.3, 0.4) is 0 Å². The van der Waals surface area contributed by atoms with Crippen molar-refractivity contribution in [3.63, 3.8) is 0 Å². The van der Waals surface area contributed by atoms with Crippen LogP contribution < -0.4 is 9.64 Å². The molecule has 1 saturated heterocycles. The summed E-state index contributed by atoms with van der Waals surface area (Å²) in [5, 5.41) is 0.544. The van der Waals surface area contributed by atoms with E-state index in [1.165, 1.54) is 25.5 Å². The zero-order chi connectivity index (χ0) is 28.5. The van der Waals surface area contributed by atoms with Crippen LogP contribution in [0.1, 0.15) is 44.2 Å². The van der Waals surface area contributed by atoms with E-state index in [-0.39, 0.29) is 25.0 Å². The number of halogens is 1. The number of hydrogen-bond donors (Lipinski definition) is 0. The summed E-state index contributed by atoms with van der Waals surface area (Å²) < 4.78 is 11.1. The van der Waals surface area contributed by atoms with Gasteiger partial charge >= 0.3 is 0 Å². The van der Waals surface area contributed by atoms with E-state index in [9.17, 15) is 9.59 Å². The Morgan fingerprint density at radius 3 is 2.33 bits per heavy atom. The van der Waals surface area contributed by atoms with Gasteiger partial charge in [-0.3, -0.25) is 19.4 Å². The van der Waals surface area contributed by atoms with Gasteiger partial charge in [-0.05, 0) is 81.6 Å². The monoisotopic (exact) mass is 570 g/mol. The fourth-order valence-electron chi connectivity index (χ4n) is 5.44. The van der Waals surface area contributed by atoms with Crippen molar-refractivity contribution < 1.29 is 19.1 Å². The molecule has 4 rings (SSSR count). The number of anilines is 1. The van der Waals surface area contributed by atoms with Crippen molar-refractivity contribution in [1.29, 1.82) is 0 Å². The molecule has 2 aliphatic rings. The Kier molecular flexibility index (Phi) is 11.2. The molecule has 0 spiro atoms. The van der Waals surface area contributed by atoms with Crippen molar-refractivity contribution in [2.75, 3.05) is 64.5 Å². The van der Waals surface area contributed by atoms with Gasteiger partial charge < -0.3 is 19.3 Å². The van der Waals surface area contributed by atoms with Crippen LogP contribution >= 0.6 is 11.6 Å². The maximum atomic E-state index is 13.5. The minimum absolute atomic E-state index is 0.0207. The van der Waals surface area contributed by atoms with Gasteiger partial charge in [0.1, 0.15) is 12.4 Å². The van der Waals surface area contributed by atoms with Crippen molar-refractivity contribution in [1.82, 2.24) is 14.7 Å². The standard InChI is InChI=1S/C31H43ClN4O4/c1-24(2)34-15-6-16-36(31(38)22-39-3)29-19-27(32)10-9-26(29)21-35(18-17-34)30(37)23-40-28-11-7-25(8-12-28)20-33-13-4-5-14-33/h7-12,19,24H,4-6,13-18,20-23H2,1-3H3. The number of ether oxygens (including phenoxy) is 2. The van der Waals surface area contributed by atoms with Crippen molar-refractivity contribution in [2.24, 2.45) is 0 Å². The molecule has 2 aromatic rings. The van der Waals surface area contributed by atoms with Gasteiger partial charge in [0.05, 0.1) is 5.69 Å². The van der Waals surface area contributed by atoms with Crippen LogP contribution in [-0.2, 0) is 27.4 Å². The molecular weight excluding hydrogens is 528 g/mol. The molecule has 0 aliphatic carbocycles. The van der Waals surface area contributed by atoms with E-state index in [4.69, 9.17) is 21.1 Å². The molecule has 40 heavy (non-hydrogen) atoms. The molecule has 2 heterocycles. The lowest BCUT2D eigenvalue weighted by Crippen LogP contribution is -2.42. The SMILES string of the molecule is COCC(=O)N1CCCN(C(C)C)CCN(C(=O)COc2ccc(CN3CCCC3)cc2)Cc2ccc(Cl)cc21. The number of hydrogen-bond acceptors (Lipinski definition) is 6. The number of likely N-dealkylation sites (tertiary alicyclic amines) is 1. The van der Waals surface area contributed by atoms with Crippen LogP contribution in [0.2, 0.25) is 5.02 Å². The second-order valence-electron chi connectivity index (χ2n) is 11.0. The van der Waals surface area contributed by atoms with Crippen molar-refractivity contribution in [3.8, 4) is 5.75 Å². The zero-order valence-electron chi connectivity index (χ0n) is 24.1. The summed E-state index contributed by atoms with van der Waals surface area (Å²) in [7, 11) is 1.52. The largest absolute Gasteiger partial charge is 0.484 e. The fraction of sp³-hybridized carbons (Fsp3) is 0.548. The van der Waals surface area contributed by atoms with E-state index in [0.717, 1.165) is 50.4 Å². The Hall–Kier alpha value is -2.65. The number of amides is 2. The molecule has 2 aromatic carbocycles. The van der Waals surface area contributed by atoms with Crippen LogP contribution in [-0.4, -0.2) is 92.1 Å². The van der Waals surface area contributed by atoms with Gasteiger partial charge in [0.2, 0.25) is 0 Å². The molecule has 2 aliphatic heterocycles. The minimum atomic E-state index is -0.129. The molecule has 8 nitrogen and oxygen atoms in total. The predicted octanol–water partition coefficient (Wildman–Crippen LogP) is 4.44. The molecule has 0 aromatic heterocycles. The number of carbonyl (C=O) groups is 2. The number of carbonyl (C=O) groups excluding carboxylic acids is 2. The number of rotatable bonds is 8. The van der Waals surface area contributed by atoms with Crippen molar-refractivity contribution >= 4 is 29.1 Å². The summed E-state index contributed by atoms with van der Waals surface area (Å²) in [5.41, 5.74) is 2.84. The second-order valence-corrected chi connectivity index (χ2v) is 11.4. The van der Waals surface area contributed by atoms with E-state index in [2.05, 4.69) is 35.8 Å². The lowest BCUT2D eigenvalue weighted by Gasteiger charge is -2.30. The molecule has 0 N–H and O–H groups in total. The highest BCUT2D eigenvalue weighted by Crippen LogP contribution is 2.28. The van der Waals surface area contributed by atoms with E-state index >= 15 is 0 Å². The number of benzene rings is 2. The maximum Gasteiger partial charge on any atom is 0.260 e. The Balaban J connectivity index is 1.50. The fourth-order valence-corrected chi connectivity index (χ4v) is 5.60. The molecule has 0 radical (unpaired) electrons. The smallest absolute Gasteiger partial charge is 0.260 e. The van der Waals surface area contributed by atoms with Crippen LogP contribution in [0.25, 0.3) is 0 Å². The minimum Gasteiger partial charge on any atom is -0.484 e. The summed E-state index contributed by atoms with van der Waals surface area (Å²) in [6.45, 7) is 10.5. The summed E-state index contributed by atoms with van der Waals surface area (Å²) in [6, 6.07) is 13.9. The maximum absolute atomic E-state index is 13.5. The first kappa shape index (κ1) is 30.3. The first-order valence-electron chi connectivity index (χ1n) is 14.4. The van der Waals surface area contributed by atoms with E-state index < -0.39 is 0 Å². The first-order chi connectivity index (χ1) is 19.3. The highest BCUT2D eigenvalue weighted by atomic mass is 35.5. The van der Waals surface area contributed by atoms with Gasteiger partial charge in [0.25, 0.3) is 11.8 Å². The molecular formula is C31H43ClN4O4. The van der Waals surface area contributed by atoms with Gasteiger partial charge in [-0.1, -0.05) is 29.8 Å². The van der Waals surface area contributed by atoms with E-state index in [0.29, 0.717) is 36.4 Å². The molecule has 0 saturated carbocycles. The molecule has 1 fully saturated rings. The lowest BCUT2D eigenvalue weighted by molar-refractivity contribution is -0.134. The third kappa shape index (κ3) is 8.43. The van der Waals surface area contributed by atoms with E-state index in [1.54, 1.807) is 4.90 Å². The first-order valence-corrected chi connectivity index (χ1v) is 14.8. The highest BCUT2D eigenvalue weighted by Gasteiger charge is 2.25. The molecule has 9 heteroatoms. The molecule has 0 bridgehead atoms. The Bertz CT molecular complexity index is 1120. The van der Waals surface area contributed by atoms with Gasteiger partial charge in [0.15, 0.2) is 6.61 Å². The average molecular weight is 571 g/mol. The number of fused-ring (bicyclic) bond motifs is 1. The summed E-state index contributed by atoms with van der Waals surface area (Å²) in [5.74, 6) is 0.458. The Labute approximate surface area is 243 Å². The third-order valence-corrected chi connectivity index (χ3v) is 7.96. The van der Waals surface area contributed by atoms with Gasteiger partial charge in [-0.15, -0.1) is 0 Å². The van der Waals surface area contributed by atoms with E-state index in [1.807, 2.05) is 35.2 Å². The molecule has 2 amide bonds. The molecule has 0 atom stereocenters. The van der Waals surface area contributed by atoms with Crippen molar-refractivity contribution in [3.05, 3.63) is 58.6 Å². The van der Waals surface area contributed by atoms with Crippen molar-refractivity contribution in [2.45, 2.75) is 52.2 Å². The van der Waals surface area contributed by atoms with Crippen LogP contribution in [0.15, 0.2) is 42.5 Å². The quantitative estimate of drug-likeness (QED) is 0.468. The average Bonchev–Trinajstić information content (AvgIpc) is 3.44. The summed E-state index contributed by atoms with van der Waals surface area (Å²) >= 11 is 6.38. The van der Waals surface area contributed by atoms with Crippen LogP contribution in [0.5, 0.6) is 5.75 Å². The number of nitrogens with zero attached hydrogens (tertiary/aromatic N) is 4. The van der Waals surface area contributed by atoms with Gasteiger partial charge in [0, 0.05) is 57.4 Å². The zero-order valence-corrected chi connectivity index (χ0v) is 24.9. The predicted molar refractivity (Wildman–Crippen MR) is 159 cm³/mol. The number of methoxy groups -OCH3 is 1. The third-order valence-electron chi connectivity index (χ3n) is 7.73. The second kappa shape index (κ2) is 14.8. The topological polar surface area (TPSA) is 65.6 Å². The Morgan fingerprint density at radius 2 is 1.62 bits per heavy atom. The Morgan fingerprint density at radius 1 is 0.875 bits per heavy atom. The highest BCUT2D eigenvalue weighted by molar-refractivity contribution is 6.31. The normalized spacial score (nSPS) is 17.5. The molecule has 218 valence electrons. The summed E-state index contributed by atoms with van der Waals surface area (Å²) in [6.07, 6.45) is 3.34. The van der Waals surface area contributed by atoms with Gasteiger partial charge in [-0.2, -0.15) is 0 Å². The lowest BCUT2D eigenvalue weighted by atomic mass is 10.1.